The fourth-order valence-corrected chi connectivity index (χ4v) is 3.74. The zero-order valence-electron chi connectivity index (χ0n) is 21.5. The molecule has 1 aliphatic heterocycles. The second-order valence-electron chi connectivity index (χ2n) is 9.29. The summed E-state index contributed by atoms with van der Waals surface area (Å²) in [5, 5.41) is 0. The van der Waals surface area contributed by atoms with Crippen molar-refractivity contribution in [2.24, 2.45) is 5.92 Å². The predicted molar refractivity (Wildman–Crippen MR) is 132 cm³/mol. The second-order valence-corrected chi connectivity index (χ2v) is 9.29. The third-order valence-corrected chi connectivity index (χ3v) is 5.82. The number of carbonyl (C=O) groups excluding carboxylic acids is 1. The summed E-state index contributed by atoms with van der Waals surface area (Å²) in [6.45, 7) is 14.0. The monoisotopic (exact) mass is 474 g/mol. The van der Waals surface area contributed by atoms with Crippen LogP contribution in [-0.2, 0) is 23.7 Å². The van der Waals surface area contributed by atoms with Crippen molar-refractivity contribution in [3.63, 3.8) is 0 Å². The van der Waals surface area contributed by atoms with Gasteiger partial charge in [0.05, 0.1) is 37.8 Å². The minimum atomic E-state index is -0.601. The van der Waals surface area contributed by atoms with Crippen LogP contribution in [0.5, 0.6) is 11.5 Å². The molecule has 0 N–H and O–H groups in total. The molecule has 7 nitrogen and oxygen atoms in total. The number of fused-ring (bicyclic) bond motifs is 1. The van der Waals surface area contributed by atoms with Crippen LogP contribution in [0.2, 0.25) is 0 Å². The van der Waals surface area contributed by atoms with Crippen molar-refractivity contribution >= 4 is 12.0 Å². The average Bonchev–Trinajstić information content (AvgIpc) is 2.81. The van der Waals surface area contributed by atoms with Crippen molar-refractivity contribution in [1.29, 1.82) is 0 Å². The largest absolute Gasteiger partial charge is 0.504 e. The molecule has 7 heteroatoms. The van der Waals surface area contributed by atoms with Gasteiger partial charge in [-0.3, -0.25) is 0 Å². The number of hydrogen-bond donors (Lipinski definition) is 0. The Morgan fingerprint density at radius 2 is 1.88 bits per heavy atom. The molecule has 188 valence electrons. The molecule has 1 aliphatic rings. The maximum absolute atomic E-state index is 12.1. The van der Waals surface area contributed by atoms with E-state index in [4.69, 9.17) is 28.4 Å². The topological polar surface area (TPSA) is 72.5 Å². The van der Waals surface area contributed by atoms with Crippen LogP contribution < -0.4 is 9.47 Å². The van der Waals surface area contributed by atoms with Crippen LogP contribution in [0.1, 0.15) is 40.2 Å². The van der Waals surface area contributed by atoms with Gasteiger partial charge in [0.15, 0.2) is 17.6 Å². The molecule has 1 heterocycles. The van der Waals surface area contributed by atoms with E-state index in [0.717, 1.165) is 5.56 Å². The Hall–Kier alpha value is -2.77. The second kappa shape index (κ2) is 11.6. The van der Waals surface area contributed by atoms with Crippen LogP contribution in [0.25, 0.3) is 6.08 Å². The molecule has 0 aliphatic carbocycles. The minimum Gasteiger partial charge on any atom is -0.504 e. The Balaban J connectivity index is 2.21. The van der Waals surface area contributed by atoms with Crippen molar-refractivity contribution in [3.05, 3.63) is 54.3 Å². The lowest BCUT2D eigenvalue weighted by molar-refractivity contribution is -0.158. The molecular weight excluding hydrogens is 436 g/mol. The van der Waals surface area contributed by atoms with Gasteiger partial charge >= 0.3 is 5.97 Å². The number of carbonyl (C=O) groups is 1. The smallest absolute Gasteiger partial charge is 0.337 e. The number of ether oxygens (including phenoxy) is 6. The van der Waals surface area contributed by atoms with Crippen molar-refractivity contribution in [2.75, 3.05) is 27.9 Å². The van der Waals surface area contributed by atoms with E-state index in [1.807, 2.05) is 65.0 Å². The summed E-state index contributed by atoms with van der Waals surface area (Å²) >= 11 is 0. The zero-order chi connectivity index (χ0) is 25.5. The highest BCUT2D eigenvalue weighted by Gasteiger charge is 2.39. The summed E-state index contributed by atoms with van der Waals surface area (Å²) in [6.07, 6.45) is 6.29. The first-order valence-electron chi connectivity index (χ1n) is 11.3. The molecule has 34 heavy (non-hydrogen) atoms. The van der Waals surface area contributed by atoms with E-state index < -0.39 is 17.2 Å². The van der Waals surface area contributed by atoms with Crippen molar-refractivity contribution in [2.45, 2.75) is 58.0 Å². The summed E-state index contributed by atoms with van der Waals surface area (Å²) < 4.78 is 34.0. The van der Waals surface area contributed by atoms with E-state index in [1.165, 1.54) is 20.5 Å². The Morgan fingerprint density at radius 1 is 1.18 bits per heavy atom. The van der Waals surface area contributed by atoms with Crippen molar-refractivity contribution < 1.29 is 33.2 Å². The molecule has 0 spiro atoms. The van der Waals surface area contributed by atoms with Crippen molar-refractivity contribution in [1.82, 2.24) is 0 Å². The molecule has 0 saturated heterocycles. The van der Waals surface area contributed by atoms with Gasteiger partial charge in [-0.05, 0) is 45.4 Å². The summed E-state index contributed by atoms with van der Waals surface area (Å²) in [6, 6.07) is 5.73. The van der Waals surface area contributed by atoms with Gasteiger partial charge in [0.2, 0.25) is 0 Å². The molecule has 0 aromatic heterocycles. The molecule has 0 bridgehead atoms. The molecule has 1 aromatic carbocycles. The Labute approximate surface area is 203 Å². The summed E-state index contributed by atoms with van der Waals surface area (Å²) in [7, 11) is 4.41. The van der Waals surface area contributed by atoms with Crippen LogP contribution in [0.15, 0.2) is 48.8 Å². The Kier molecular flexibility index (Phi) is 9.36. The molecule has 0 radical (unpaired) electrons. The van der Waals surface area contributed by atoms with E-state index in [2.05, 4.69) is 6.58 Å². The van der Waals surface area contributed by atoms with Gasteiger partial charge in [-0.2, -0.15) is 0 Å². The van der Waals surface area contributed by atoms with Crippen LogP contribution in [0, 0.1) is 5.92 Å². The van der Waals surface area contributed by atoms with Gasteiger partial charge < -0.3 is 28.4 Å². The summed E-state index contributed by atoms with van der Waals surface area (Å²) in [5.74, 6) is 0.573. The van der Waals surface area contributed by atoms with Crippen molar-refractivity contribution in [3.8, 4) is 11.5 Å². The molecule has 3 unspecified atom stereocenters. The van der Waals surface area contributed by atoms with E-state index in [1.54, 1.807) is 13.2 Å². The van der Waals surface area contributed by atoms with Gasteiger partial charge in [-0.1, -0.05) is 31.2 Å². The normalized spacial score (nSPS) is 18.4. The third kappa shape index (κ3) is 6.87. The SMILES string of the molecule is C=CC(C)(C)OC(C)(C)C1COc2ccc(C=CC(OC)C(C)C(=COC)C(=O)OC)cc2O1. The number of benzene rings is 1. The standard InChI is InChI=1S/C27H38O7/c1-10-26(3,4)34-27(5,6)24-17-32-22-14-12-19(15-23(22)33-24)11-13-21(30-8)18(2)20(16-29-7)25(28)31-9/h10-16,18,21,24H,1,17H2,2-9H3. The van der Waals surface area contributed by atoms with E-state index in [9.17, 15) is 4.79 Å². The molecular formula is C27H38O7. The first-order valence-corrected chi connectivity index (χ1v) is 11.3. The van der Waals surface area contributed by atoms with Gasteiger partial charge in [0, 0.05) is 13.0 Å². The molecule has 1 aromatic rings. The highest BCUT2D eigenvalue weighted by Crippen LogP contribution is 2.37. The van der Waals surface area contributed by atoms with Crippen LogP contribution in [-0.4, -0.2) is 57.3 Å². The molecule has 0 fully saturated rings. The van der Waals surface area contributed by atoms with Crippen LogP contribution >= 0.6 is 0 Å². The van der Waals surface area contributed by atoms with E-state index in [0.29, 0.717) is 23.7 Å². The predicted octanol–water partition coefficient (Wildman–Crippen LogP) is 4.95. The number of methoxy groups -OCH3 is 3. The van der Waals surface area contributed by atoms with Gasteiger partial charge in [0.1, 0.15) is 12.2 Å². The third-order valence-electron chi connectivity index (χ3n) is 5.82. The van der Waals surface area contributed by atoms with Gasteiger partial charge in [-0.25, -0.2) is 4.79 Å². The van der Waals surface area contributed by atoms with Crippen LogP contribution in [0.4, 0.5) is 0 Å². The zero-order valence-corrected chi connectivity index (χ0v) is 21.5. The lowest BCUT2D eigenvalue weighted by Crippen LogP contribution is -2.51. The molecule has 3 atom stereocenters. The summed E-state index contributed by atoms with van der Waals surface area (Å²) in [5.41, 5.74) is 0.188. The number of esters is 1. The highest BCUT2D eigenvalue weighted by molar-refractivity contribution is 5.88. The van der Waals surface area contributed by atoms with Crippen LogP contribution in [0.3, 0.4) is 0 Å². The molecule has 0 saturated carbocycles. The quantitative estimate of drug-likeness (QED) is 0.194. The molecule has 0 amide bonds. The number of rotatable bonds is 11. The van der Waals surface area contributed by atoms with E-state index in [-0.39, 0.29) is 18.1 Å². The van der Waals surface area contributed by atoms with Gasteiger partial charge in [0.25, 0.3) is 0 Å². The Bertz CT molecular complexity index is 914. The van der Waals surface area contributed by atoms with E-state index >= 15 is 0 Å². The van der Waals surface area contributed by atoms with Gasteiger partial charge in [-0.15, -0.1) is 6.58 Å². The lowest BCUT2D eigenvalue weighted by atomic mass is 9.95. The maximum atomic E-state index is 12.1. The summed E-state index contributed by atoms with van der Waals surface area (Å²) in [4.78, 5) is 12.1. The highest BCUT2D eigenvalue weighted by atomic mass is 16.6. The Morgan fingerprint density at radius 3 is 2.47 bits per heavy atom. The molecule has 2 rings (SSSR count). The fraction of sp³-hybridized carbons (Fsp3) is 0.519. The average molecular weight is 475 g/mol. The number of hydrogen-bond acceptors (Lipinski definition) is 7. The lowest BCUT2D eigenvalue weighted by Gasteiger charge is -2.41. The first kappa shape index (κ1) is 27.5. The fourth-order valence-electron chi connectivity index (χ4n) is 3.74. The minimum absolute atomic E-state index is 0.290. The maximum Gasteiger partial charge on any atom is 0.337 e. The first-order chi connectivity index (χ1) is 16.0.